The number of nitrogens with zero attached hydrogens (tertiary/aromatic N) is 6. The highest BCUT2D eigenvalue weighted by Gasteiger charge is 2.27. The van der Waals surface area contributed by atoms with Crippen LogP contribution in [0, 0.1) is 6.92 Å². The van der Waals surface area contributed by atoms with Crippen LogP contribution in [0.1, 0.15) is 30.3 Å². The molecule has 3 aromatic heterocycles. The molecule has 4 rings (SSSR count). The van der Waals surface area contributed by atoms with Gasteiger partial charge in [-0.3, -0.25) is 4.79 Å². The Morgan fingerprint density at radius 1 is 1.38 bits per heavy atom. The zero-order valence-electron chi connectivity index (χ0n) is 14.6. The first-order valence-corrected chi connectivity index (χ1v) is 9.56. The molecule has 4 heterocycles. The topological polar surface area (TPSA) is 76.8 Å². The molecule has 0 aromatic carbocycles. The van der Waals surface area contributed by atoms with Gasteiger partial charge in [-0.05, 0) is 37.3 Å². The molecule has 1 fully saturated rings. The average Bonchev–Trinajstić information content (AvgIpc) is 3.35. The fourth-order valence-corrected chi connectivity index (χ4v) is 3.98. The SMILES string of the molecule is Cc1cc(-c2cccs2)nc([C@@H]2CCCN(C(=O)Cn3cncn3)C2)n1. The van der Waals surface area contributed by atoms with Gasteiger partial charge in [0.2, 0.25) is 5.91 Å². The molecule has 0 unspecified atom stereocenters. The molecular weight excluding hydrogens is 348 g/mol. The second-order valence-corrected chi connectivity index (χ2v) is 7.45. The number of amides is 1. The largest absolute Gasteiger partial charge is 0.340 e. The van der Waals surface area contributed by atoms with Crippen molar-refractivity contribution in [3.63, 3.8) is 0 Å². The first-order valence-electron chi connectivity index (χ1n) is 8.68. The van der Waals surface area contributed by atoms with E-state index in [2.05, 4.69) is 26.5 Å². The lowest BCUT2D eigenvalue weighted by molar-refractivity contribution is -0.133. The maximum atomic E-state index is 12.6. The van der Waals surface area contributed by atoms with E-state index in [-0.39, 0.29) is 18.4 Å². The highest BCUT2D eigenvalue weighted by Crippen LogP contribution is 2.28. The highest BCUT2D eigenvalue weighted by molar-refractivity contribution is 7.13. The predicted molar refractivity (Wildman–Crippen MR) is 98.7 cm³/mol. The number of piperidine rings is 1. The Morgan fingerprint density at radius 3 is 3.08 bits per heavy atom. The molecule has 134 valence electrons. The van der Waals surface area contributed by atoms with Crippen molar-refractivity contribution in [1.29, 1.82) is 0 Å². The van der Waals surface area contributed by atoms with Gasteiger partial charge in [-0.25, -0.2) is 19.6 Å². The van der Waals surface area contributed by atoms with Crippen LogP contribution >= 0.6 is 11.3 Å². The van der Waals surface area contributed by atoms with Gasteiger partial charge in [0, 0.05) is 24.7 Å². The number of aromatic nitrogens is 5. The van der Waals surface area contributed by atoms with Crippen molar-refractivity contribution in [3.05, 3.63) is 47.8 Å². The van der Waals surface area contributed by atoms with E-state index in [1.807, 2.05) is 24.0 Å². The lowest BCUT2D eigenvalue weighted by Crippen LogP contribution is -2.41. The lowest BCUT2D eigenvalue weighted by atomic mass is 9.96. The molecule has 1 saturated heterocycles. The van der Waals surface area contributed by atoms with Gasteiger partial charge in [0.05, 0.1) is 10.6 Å². The number of thiophene rings is 1. The fourth-order valence-electron chi connectivity index (χ4n) is 3.29. The molecule has 26 heavy (non-hydrogen) atoms. The van der Waals surface area contributed by atoms with E-state index < -0.39 is 0 Å². The monoisotopic (exact) mass is 368 g/mol. The molecule has 0 saturated carbocycles. The molecule has 0 spiro atoms. The summed E-state index contributed by atoms with van der Waals surface area (Å²) in [6.45, 7) is 3.65. The summed E-state index contributed by atoms with van der Waals surface area (Å²) >= 11 is 1.68. The standard InChI is InChI=1S/C18H20N6OS/c1-13-8-15(16-5-3-7-26-16)22-18(21-13)14-4-2-6-23(9-14)17(25)10-24-12-19-11-20-24/h3,5,7-8,11-12,14H,2,4,6,9-10H2,1H3/t14-/m1/s1. The molecule has 1 aliphatic heterocycles. The molecule has 8 heteroatoms. The Bertz CT molecular complexity index is 877. The van der Waals surface area contributed by atoms with Crippen molar-refractivity contribution < 1.29 is 4.79 Å². The van der Waals surface area contributed by atoms with Crippen LogP contribution in [-0.2, 0) is 11.3 Å². The molecule has 3 aromatic rings. The van der Waals surface area contributed by atoms with Crippen LogP contribution < -0.4 is 0 Å². The molecule has 1 amide bonds. The molecule has 7 nitrogen and oxygen atoms in total. The quantitative estimate of drug-likeness (QED) is 0.707. The average molecular weight is 368 g/mol. The van der Waals surface area contributed by atoms with E-state index in [4.69, 9.17) is 4.98 Å². The van der Waals surface area contributed by atoms with Crippen LogP contribution in [0.2, 0.25) is 0 Å². The van der Waals surface area contributed by atoms with Crippen molar-refractivity contribution in [2.45, 2.75) is 32.2 Å². The molecule has 1 atom stereocenters. The third-order valence-electron chi connectivity index (χ3n) is 4.55. The number of carbonyl (C=O) groups is 1. The van der Waals surface area contributed by atoms with Gasteiger partial charge in [0.25, 0.3) is 0 Å². The zero-order valence-corrected chi connectivity index (χ0v) is 15.4. The molecule has 0 aliphatic carbocycles. The van der Waals surface area contributed by atoms with Gasteiger partial charge in [-0.1, -0.05) is 6.07 Å². The predicted octanol–water partition coefficient (Wildman–Crippen LogP) is 2.51. The number of hydrogen-bond acceptors (Lipinski definition) is 6. The third kappa shape index (κ3) is 3.65. The van der Waals surface area contributed by atoms with Crippen molar-refractivity contribution in [2.24, 2.45) is 0 Å². The van der Waals surface area contributed by atoms with Gasteiger partial charge in [0.15, 0.2) is 0 Å². The van der Waals surface area contributed by atoms with E-state index in [9.17, 15) is 4.79 Å². The zero-order chi connectivity index (χ0) is 17.9. The van der Waals surface area contributed by atoms with Gasteiger partial charge >= 0.3 is 0 Å². The van der Waals surface area contributed by atoms with Crippen LogP contribution in [0.25, 0.3) is 10.6 Å². The van der Waals surface area contributed by atoms with Gasteiger partial charge in [0.1, 0.15) is 25.0 Å². The van der Waals surface area contributed by atoms with Crippen LogP contribution in [0.5, 0.6) is 0 Å². The van der Waals surface area contributed by atoms with Crippen molar-refractivity contribution in [1.82, 2.24) is 29.6 Å². The minimum absolute atomic E-state index is 0.0614. The van der Waals surface area contributed by atoms with Gasteiger partial charge in [-0.2, -0.15) is 5.10 Å². The summed E-state index contributed by atoms with van der Waals surface area (Å²) in [5, 5.41) is 6.07. The van der Waals surface area contributed by atoms with E-state index in [0.29, 0.717) is 6.54 Å². The normalized spacial score (nSPS) is 17.4. The molecule has 1 aliphatic rings. The highest BCUT2D eigenvalue weighted by atomic mass is 32.1. The Kier molecular flexibility index (Phi) is 4.75. The number of rotatable bonds is 4. The van der Waals surface area contributed by atoms with Gasteiger partial charge < -0.3 is 4.90 Å². The Hall–Kier alpha value is -2.61. The number of aryl methyl sites for hydroxylation is 1. The maximum Gasteiger partial charge on any atom is 0.244 e. The summed E-state index contributed by atoms with van der Waals surface area (Å²) in [5.41, 5.74) is 1.93. The molecule has 0 radical (unpaired) electrons. The Labute approximate surface area is 155 Å². The summed E-state index contributed by atoms with van der Waals surface area (Å²) in [6.07, 6.45) is 4.97. The van der Waals surface area contributed by atoms with Crippen molar-refractivity contribution in [2.75, 3.05) is 13.1 Å². The first kappa shape index (κ1) is 16.8. The minimum atomic E-state index is 0.0614. The summed E-state index contributed by atoms with van der Waals surface area (Å²) in [7, 11) is 0. The van der Waals surface area contributed by atoms with E-state index in [1.54, 1.807) is 22.3 Å². The fraction of sp³-hybridized carbons (Fsp3) is 0.389. The lowest BCUT2D eigenvalue weighted by Gasteiger charge is -2.32. The van der Waals surface area contributed by atoms with E-state index >= 15 is 0 Å². The van der Waals surface area contributed by atoms with Crippen LogP contribution in [0.15, 0.2) is 36.2 Å². The van der Waals surface area contributed by atoms with Crippen molar-refractivity contribution in [3.8, 4) is 10.6 Å². The number of hydrogen-bond donors (Lipinski definition) is 0. The van der Waals surface area contributed by atoms with E-state index in [0.717, 1.165) is 41.5 Å². The Balaban J connectivity index is 1.51. The second-order valence-electron chi connectivity index (χ2n) is 6.50. The maximum absolute atomic E-state index is 12.6. The van der Waals surface area contributed by atoms with Crippen molar-refractivity contribution >= 4 is 17.2 Å². The first-order chi connectivity index (χ1) is 12.7. The smallest absolute Gasteiger partial charge is 0.244 e. The van der Waals surface area contributed by atoms with Gasteiger partial charge in [-0.15, -0.1) is 11.3 Å². The van der Waals surface area contributed by atoms with Crippen LogP contribution in [0.4, 0.5) is 0 Å². The minimum Gasteiger partial charge on any atom is -0.340 e. The third-order valence-corrected chi connectivity index (χ3v) is 5.44. The summed E-state index contributed by atoms with van der Waals surface area (Å²) < 4.78 is 1.56. The van der Waals surface area contributed by atoms with Crippen LogP contribution in [-0.4, -0.2) is 48.6 Å². The second kappa shape index (κ2) is 7.33. The summed E-state index contributed by atoms with van der Waals surface area (Å²) in [5.74, 6) is 1.07. The van der Waals surface area contributed by atoms with Crippen LogP contribution in [0.3, 0.4) is 0 Å². The van der Waals surface area contributed by atoms with E-state index in [1.165, 1.54) is 6.33 Å². The molecule has 0 bridgehead atoms. The summed E-state index contributed by atoms with van der Waals surface area (Å²) in [4.78, 5) is 29.0. The molecule has 0 N–H and O–H groups in total. The number of carbonyl (C=O) groups excluding carboxylic acids is 1. The summed E-state index contributed by atoms with van der Waals surface area (Å²) in [6, 6.07) is 6.12. The Morgan fingerprint density at radius 2 is 2.31 bits per heavy atom. The number of likely N-dealkylation sites (tertiary alicyclic amines) is 1. The molecular formula is C18H20N6OS.